The largest absolute Gasteiger partial charge is 0.352 e. The number of amides is 2. The van der Waals surface area contributed by atoms with Crippen molar-refractivity contribution in [3.05, 3.63) is 0 Å². The van der Waals surface area contributed by atoms with Crippen LogP contribution in [-0.2, 0) is 0 Å². The van der Waals surface area contributed by atoms with Gasteiger partial charge in [0.05, 0.1) is 0 Å². The quantitative estimate of drug-likeness (QED) is 0.420. The second-order valence-corrected chi connectivity index (χ2v) is 3.84. The summed E-state index contributed by atoms with van der Waals surface area (Å²) in [6, 6.07) is -0.0382. The Hall–Kier alpha value is -0.810. The summed E-state index contributed by atoms with van der Waals surface area (Å²) in [6.45, 7) is 3.87. The lowest BCUT2D eigenvalue weighted by Crippen LogP contribution is -2.43. The molecule has 0 bridgehead atoms. The molecule has 0 aromatic heterocycles. The minimum absolute atomic E-state index is 0.396. The fourth-order valence-electron chi connectivity index (χ4n) is 2.34. The topological polar surface area (TPSA) is 79.2 Å². The third-order valence-electron chi connectivity index (χ3n) is 3.05. The lowest BCUT2D eigenvalue weighted by molar-refractivity contribution is 0.247. The first-order chi connectivity index (χ1) is 6.27. The minimum atomic E-state index is -0.434. The zero-order valence-corrected chi connectivity index (χ0v) is 7.55. The van der Waals surface area contributed by atoms with Crippen LogP contribution in [0.1, 0.15) is 0 Å². The monoisotopic (exact) mass is 184 g/mol. The number of rotatable bonds is 2. The van der Waals surface area contributed by atoms with Crippen LogP contribution < -0.4 is 21.7 Å². The number of nitrogens with two attached hydrogens (primary N) is 1. The second kappa shape index (κ2) is 3.51. The number of nitrogens with one attached hydrogen (secondary N) is 3. The predicted molar refractivity (Wildman–Crippen MR) is 49.2 cm³/mol. The van der Waals surface area contributed by atoms with Gasteiger partial charge >= 0.3 is 6.03 Å². The number of hydrogen-bond acceptors (Lipinski definition) is 3. The molecule has 0 radical (unpaired) electrons. The van der Waals surface area contributed by atoms with Gasteiger partial charge in [-0.25, -0.2) is 4.79 Å². The molecule has 5 heteroatoms. The molecule has 5 N–H and O–H groups in total. The first-order valence-corrected chi connectivity index (χ1v) is 4.75. The third kappa shape index (κ3) is 1.76. The van der Waals surface area contributed by atoms with E-state index in [4.69, 9.17) is 5.73 Å². The van der Waals surface area contributed by atoms with Crippen molar-refractivity contribution in [1.29, 1.82) is 0 Å². The highest BCUT2D eigenvalue weighted by Crippen LogP contribution is 2.24. The normalized spacial score (nSPS) is 37.4. The maximum atomic E-state index is 10.5. The molecule has 13 heavy (non-hydrogen) atoms. The van der Waals surface area contributed by atoms with Crippen molar-refractivity contribution in [1.82, 2.24) is 16.0 Å². The Balaban J connectivity index is 1.83. The minimum Gasteiger partial charge on any atom is -0.352 e. The Kier molecular flexibility index (Phi) is 2.37. The Morgan fingerprint density at radius 2 is 2.31 bits per heavy atom. The molecule has 2 aliphatic heterocycles. The Labute approximate surface area is 77.4 Å². The summed E-state index contributed by atoms with van der Waals surface area (Å²) in [5, 5.41) is 9.41. The van der Waals surface area contributed by atoms with Crippen LogP contribution in [-0.4, -0.2) is 38.3 Å². The SMILES string of the molecule is NC(=O)NCC1NCC2CNCC21. The fraction of sp³-hybridized carbons (Fsp3) is 0.875. The van der Waals surface area contributed by atoms with Gasteiger partial charge in [0.2, 0.25) is 0 Å². The smallest absolute Gasteiger partial charge is 0.312 e. The van der Waals surface area contributed by atoms with Crippen LogP contribution in [0.5, 0.6) is 0 Å². The highest BCUT2D eigenvalue weighted by Gasteiger charge is 2.38. The Bertz CT molecular complexity index is 208. The van der Waals surface area contributed by atoms with Gasteiger partial charge in [0.25, 0.3) is 0 Å². The Morgan fingerprint density at radius 1 is 1.46 bits per heavy atom. The second-order valence-electron chi connectivity index (χ2n) is 3.84. The van der Waals surface area contributed by atoms with E-state index in [2.05, 4.69) is 16.0 Å². The van der Waals surface area contributed by atoms with E-state index in [-0.39, 0.29) is 0 Å². The van der Waals surface area contributed by atoms with Gasteiger partial charge in [0.15, 0.2) is 0 Å². The van der Waals surface area contributed by atoms with Crippen LogP contribution in [0.25, 0.3) is 0 Å². The average molecular weight is 184 g/mol. The van der Waals surface area contributed by atoms with E-state index in [1.165, 1.54) is 0 Å². The maximum absolute atomic E-state index is 10.5. The van der Waals surface area contributed by atoms with Crippen molar-refractivity contribution in [2.75, 3.05) is 26.2 Å². The molecule has 0 saturated carbocycles. The molecule has 2 fully saturated rings. The van der Waals surface area contributed by atoms with Crippen LogP contribution in [0.4, 0.5) is 4.79 Å². The molecule has 2 aliphatic rings. The van der Waals surface area contributed by atoms with Crippen molar-refractivity contribution in [2.24, 2.45) is 17.6 Å². The summed E-state index contributed by atoms with van der Waals surface area (Å²) in [7, 11) is 0. The van der Waals surface area contributed by atoms with Crippen LogP contribution >= 0.6 is 0 Å². The lowest BCUT2D eigenvalue weighted by Gasteiger charge is -2.17. The van der Waals surface area contributed by atoms with Gasteiger partial charge in [-0.2, -0.15) is 0 Å². The zero-order valence-electron chi connectivity index (χ0n) is 7.55. The molecule has 3 atom stereocenters. The highest BCUT2D eigenvalue weighted by molar-refractivity contribution is 5.71. The van der Waals surface area contributed by atoms with E-state index < -0.39 is 6.03 Å². The van der Waals surface area contributed by atoms with E-state index in [1.807, 2.05) is 0 Å². The summed E-state index contributed by atoms with van der Waals surface area (Å²) in [4.78, 5) is 10.5. The highest BCUT2D eigenvalue weighted by atomic mass is 16.2. The van der Waals surface area contributed by atoms with Gasteiger partial charge in [-0.1, -0.05) is 0 Å². The van der Waals surface area contributed by atoms with E-state index in [1.54, 1.807) is 0 Å². The van der Waals surface area contributed by atoms with Crippen molar-refractivity contribution in [3.8, 4) is 0 Å². The summed E-state index contributed by atoms with van der Waals surface area (Å²) >= 11 is 0. The van der Waals surface area contributed by atoms with Gasteiger partial charge in [0.1, 0.15) is 0 Å². The number of fused-ring (bicyclic) bond motifs is 1. The van der Waals surface area contributed by atoms with Crippen LogP contribution in [0.15, 0.2) is 0 Å². The van der Waals surface area contributed by atoms with Gasteiger partial charge in [-0.15, -0.1) is 0 Å². The molecule has 74 valence electrons. The standard InChI is InChI=1S/C8H16N4O/c9-8(13)12-4-7-6-3-10-1-5(6)2-11-7/h5-7,10-11H,1-4H2,(H3,9,12,13). The number of carbonyl (C=O) groups excluding carboxylic acids is 1. The van der Waals surface area contributed by atoms with Crippen molar-refractivity contribution >= 4 is 6.03 Å². The number of hydrogen-bond donors (Lipinski definition) is 4. The summed E-state index contributed by atoms with van der Waals surface area (Å²) in [5.41, 5.74) is 5.01. The fourth-order valence-corrected chi connectivity index (χ4v) is 2.34. The summed E-state index contributed by atoms with van der Waals surface area (Å²) in [5.74, 6) is 1.39. The van der Waals surface area contributed by atoms with E-state index >= 15 is 0 Å². The lowest BCUT2D eigenvalue weighted by atomic mass is 9.94. The van der Waals surface area contributed by atoms with Crippen molar-refractivity contribution in [2.45, 2.75) is 6.04 Å². The molecule has 0 aromatic rings. The molecule has 5 nitrogen and oxygen atoms in total. The van der Waals surface area contributed by atoms with Gasteiger partial charge in [0, 0.05) is 12.6 Å². The third-order valence-corrected chi connectivity index (χ3v) is 3.05. The Morgan fingerprint density at radius 3 is 3.08 bits per heavy atom. The molecule has 2 heterocycles. The van der Waals surface area contributed by atoms with Crippen LogP contribution in [0.2, 0.25) is 0 Å². The maximum Gasteiger partial charge on any atom is 0.312 e. The van der Waals surface area contributed by atoms with E-state index in [0.29, 0.717) is 18.5 Å². The van der Waals surface area contributed by atoms with Gasteiger partial charge in [-0.05, 0) is 31.5 Å². The summed E-state index contributed by atoms with van der Waals surface area (Å²) < 4.78 is 0. The molecular formula is C8H16N4O. The molecule has 0 aliphatic carbocycles. The average Bonchev–Trinajstić information content (AvgIpc) is 2.60. The number of urea groups is 1. The molecular weight excluding hydrogens is 168 g/mol. The zero-order chi connectivity index (χ0) is 9.26. The van der Waals surface area contributed by atoms with E-state index in [0.717, 1.165) is 25.6 Å². The molecule has 2 rings (SSSR count). The van der Waals surface area contributed by atoms with Crippen molar-refractivity contribution < 1.29 is 4.79 Å². The molecule has 0 spiro atoms. The van der Waals surface area contributed by atoms with Gasteiger partial charge < -0.3 is 21.7 Å². The van der Waals surface area contributed by atoms with Crippen LogP contribution in [0.3, 0.4) is 0 Å². The van der Waals surface area contributed by atoms with Gasteiger partial charge in [-0.3, -0.25) is 0 Å². The molecule has 3 unspecified atom stereocenters. The number of carbonyl (C=O) groups is 1. The van der Waals surface area contributed by atoms with Crippen LogP contribution in [0, 0.1) is 11.8 Å². The van der Waals surface area contributed by atoms with Crippen molar-refractivity contribution in [3.63, 3.8) is 0 Å². The first-order valence-electron chi connectivity index (χ1n) is 4.75. The first kappa shape index (κ1) is 8.77. The number of primary amides is 1. The molecule has 0 aromatic carbocycles. The molecule has 2 amide bonds. The predicted octanol–water partition coefficient (Wildman–Crippen LogP) is -1.54. The van der Waals surface area contributed by atoms with E-state index in [9.17, 15) is 4.79 Å². The molecule has 2 saturated heterocycles. The summed E-state index contributed by atoms with van der Waals surface area (Å²) in [6.07, 6.45) is 0.